The highest BCUT2D eigenvalue weighted by Crippen LogP contribution is 2.30. The molecule has 0 aliphatic rings. The monoisotopic (exact) mass is 417 g/mol. The molecule has 0 saturated heterocycles. The molecular weight excluding hydrogens is 393 g/mol. The highest BCUT2D eigenvalue weighted by molar-refractivity contribution is 7.99. The molecule has 0 N–H and O–H groups in total. The van der Waals surface area contributed by atoms with Gasteiger partial charge >= 0.3 is 0 Å². The van der Waals surface area contributed by atoms with Crippen LogP contribution >= 0.6 is 23.1 Å². The number of carbonyl (C=O) groups is 1. The van der Waals surface area contributed by atoms with E-state index in [2.05, 4.69) is 16.8 Å². The van der Waals surface area contributed by atoms with Gasteiger partial charge in [0.25, 0.3) is 5.91 Å². The summed E-state index contributed by atoms with van der Waals surface area (Å²) in [5, 5.41) is 0.608. The molecule has 0 radical (unpaired) electrons. The zero-order valence-electron chi connectivity index (χ0n) is 16.3. The van der Waals surface area contributed by atoms with E-state index in [1.54, 1.807) is 22.7 Å². The number of thiazole rings is 1. The summed E-state index contributed by atoms with van der Waals surface area (Å²) in [4.78, 5) is 22.8. The summed E-state index contributed by atoms with van der Waals surface area (Å²) in [7, 11) is 4.02. The Bertz CT molecular complexity index is 940. The van der Waals surface area contributed by atoms with Gasteiger partial charge in [0.15, 0.2) is 5.13 Å². The summed E-state index contributed by atoms with van der Waals surface area (Å²) in [5.41, 5.74) is 1.34. The number of halogens is 1. The molecule has 3 rings (SSSR count). The van der Waals surface area contributed by atoms with Gasteiger partial charge in [0, 0.05) is 17.0 Å². The summed E-state index contributed by atoms with van der Waals surface area (Å²) in [6.07, 6.45) is 0.826. The number of carbonyl (C=O) groups excluding carboxylic acids is 1. The Morgan fingerprint density at radius 2 is 1.89 bits per heavy atom. The van der Waals surface area contributed by atoms with Crippen molar-refractivity contribution in [1.82, 2.24) is 9.88 Å². The first-order valence-corrected chi connectivity index (χ1v) is 11.0. The van der Waals surface area contributed by atoms with Crippen LogP contribution in [0.4, 0.5) is 9.52 Å². The van der Waals surface area contributed by atoms with Gasteiger partial charge in [-0.3, -0.25) is 9.69 Å². The molecule has 148 valence electrons. The summed E-state index contributed by atoms with van der Waals surface area (Å²) >= 11 is 3.09. The topological polar surface area (TPSA) is 36.4 Å². The van der Waals surface area contributed by atoms with Crippen LogP contribution in [0.3, 0.4) is 0 Å². The van der Waals surface area contributed by atoms with E-state index in [4.69, 9.17) is 0 Å². The lowest BCUT2D eigenvalue weighted by molar-refractivity contribution is 0.0986. The predicted octanol–water partition coefficient (Wildman–Crippen LogP) is 5.15. The molecule has 3 aromatic rings. The van der Waals surface area contributed by atoms with Gasteiger partial charge in [-0.05, 0) is 75.3 Å². The van der Waals surface area contributed by atoms with Crippen LogP contribution in [0.15, 0.2) is 47.4 Å². The Morgan fingerprint density at radius 3 is 2.57 bits per heavy atom. The first-order valence-electron chi connectivity index (χ1n) is 9.23. The van der Waals surface area contributed by atoms with Crippen molar-refractivity contribution in [1.29, 1.82) is 0 Å². The van der Waals surface area contributed by atoms with Crippen LogP contribution in [0, 0.1) is 5.82 Å². The molecule has 7 heteroatoms. The number of fused-ring (bicyclic) bond motifs is 1. The number of thioether (sulfide) groups is 1. The molecule has 0 saturated carbocycles. The lowest BCUT2D eigenvalue weighted by Gasteiger charge is -2.21. The van der Waals surface area contributed by atoms with Crippen LogP contribution in [0.1, 0.15) is 23.7 Å². The molecule has 1 amide bonds. The second-order valence-electron chi connectivity index (χ2n) is 6.68. The third kappa shape index (κ3) is 5.10. The Morgan fingerprint density at radius 1 is 1.14 bits per heavy atom. The van der Waals surface area contributed by atoms with Crippen LogP contribution in [0.2, 0.25) is 0 Å². The predicted molar refractivity (Wildman–Crippen MR) is 117 cm³/mol. The fraction of sp³-hybridized carbons (Fsp3) is 0.333. The van der Waals surface area contributed by atoms with Crippen LogP contribution in [-0.4, -0.2) is 48.7 Å². The Kier molecular flexibility index (Phi) is 7.04. The van der Waals surface area contributed by atoms with Crippen molar-refractivity contribution in [2.45, 2.75) is 18.2 Å². The average molecular weight is 418 g/mol. The highest BCUT2D eigenvalue weighted by atomic mass is 32.2. The normalized spacial score (nSPS) is 11.3. The van der Waals surface area contributed by atoms with Crippen molar-refractivity contribution in [3.63, 3.8) is 0 Å². The van der Waals surface area contributed by atoms with Gasteiger partial charge in [0.1, 0.15) is 5.82 Å². The van der Waals surface area contributed by atoms with E-state index in [-0.39, 0.29) is 11.7 Å². The van der Waals surface area contributed by atoms with E-state index < -0.39 is 0 Å². The molecule has 0 aliphatic carbocycles. The molecule has 0 spiro atoms. The maximum atomic E-state index is 13.6. The van der Waals surface area contributed by atoms with Crippen molar-refractivity contribution >= 4 is 44.4 Å². The fourth-order valence-corrected chi connectivity index (χ4v) is 4.52. The number of hydrogen-bond donors (Lipinski definition) is 0. The maximum absolute atomic E-state index is 13.6. The minimum atomic E-state index is -0.294. The molecule has 0 aliphatic heterocycles. The van der Waals surface area contributed by atoms with E-state index in [1.165, 1.54) is 23.5 Å². The molecule has 1 aromatic heterocycles. The largest absolute Gasteiger partial charge is 0.309 e. The van der Waals surface area contributed by atoms with E-state index in [1.807, 2.05) is 38.4 Å². The number of aromatic nitrogens is 1. The Labute approximate surface area is 173 Å². The van der Waals surface area contributed by atoms with Crippen molar-refractivity contribution in [3.05, 3.63) is 53.8 Å². The van der Waals surface area contributed by atoms with Gasteiger partial charge in [-0.1, -0.05) is 18.3 Å². The molecular formula is C21H24FN3OS2. The smallest absolute Gasteiger partial charge is 0.260 e. The number of nitrogens with zero attached hydrogens (tertiary/aromatic N) is 3. The number of rotatable bonds is 8. The summed E-state index contributed by atoms with van der Waals surface area (Å²) in [6, 6.07) is 12.2. The van der Waals surface area contributed by atoms with E-state index in [9.17, 15) is 9.18 Å². The van der Waals surface area contributed by atoms with Gasteiger partial charge in [-0.2, -0.15) is 0 Å². The molecule has 0 fully saturated rings. The highest BCUT2D eigenvalue weighted by Gasteiger charge is 2.21. The molecule has 1 heterocycles. The lowest BCUT2D eigenvalue weighted by Crippen LogP contribution is -2.33. The zero-order chi connectivity index (χ0) is 20.1. The third-order valence-corrected chi connectivity index (χ3v) is 6.15. The number of anilines is 1. The van der Waals surface area contributed by atoms with E-state index >= 15 is 0 Å². The molecule has 2 aromatic carbocycles. The van der Waals surface area contributed by atoms with Crippen molar-refractivity contribution in [3.8, 4) is 0 Å². The van der Waals surface area contributed by atoms with E-state index in [0.29, 0.717) is 22.8 Å². The SMILES string of the molecule is CCSc1ccc(C(=O)N(CCCN(C)C)c2nc3ccc(F)cc3s2)cc1. The van der Waals surface area contributed by atoms with Crippen LogP contribution in [-0.2, 0) is 0 Å². The molecule has 28 heavy (non-hydrogen) atoms. The summed E-state index contributed by atoms with van der Waals surface area (Å²) < 4.78 is 14.3. The van der Waals surface area contributed by atoms with E-state index in [0.717, 1.165) is 28.3 Å². The van der Waals surface area contributed by atoms with Crippen molar-refractivity contribution in [2.75, 3.05) is 37.8 Å². The first kappa shape index (κ1) is 20.8. The van der Waals surface area contributed by atoms with Crippen LogP contribution in [0.25, 0.3) is 10.2 Å². The number of benzene rings is 2. The Balaban J connectivity index is 1.89. The average Bonchev–Trinajstić information content (AvgIpc) is 3.08. The summed E-state index contributed by atoms with van der Waals surface area (Å²) in [6.45, 7) is 3.53. The molecule has 0 unspecified atom stereocenters. The van der Waals surface area contributed by atoms with Crippen molar-refractivity contribution in [2.24, 2.45) is 0 Å². The first-order chi connectivity index (χ1) is 13.5. The standard InChI is InChI=1S/C21H24FN3OS2/c1-4-27-17-9-6-15(7-10-17)20(26)25(13-5-12-24(2)3)21-23-18-11-8-16(22)14-19(18)28-21/h6-11,14H,4-5,12-13H2,1-3H3. The molecule has 0 bridgehead atoms. The van der Waals surface area contributed by atoms with Crippen LogP contribution < -0.4 is 4.90 Å². The second-order valence-corrected chi connectivity index (χ2v) is 9.03. The van der Waals surface area contributed by atoms with Crippen LogP contribution in [0.5, 0.6) is 0 Å². The quantitative estimate of drug-likeness (QED) is 0.475. The third-order valence-electron chi connectivity index (χ3n) is 4.21. The van der Waals surface area contributed by atoms with Gasteiger partial charge < -0.3 is 4.90 Å². The van der Waals surface area contributed by atoms with Gasteiger partial charge in [-0.25, -0.2) is 9.37 Å². The fourth-order valence-electron chi connectivity index (χ4n) is 2.85. The zero-order valence-corrected chi connectivity index (χ0v) is 17.9. The molecule has 4 nitrogen and oxygen atoms in total. The van der Waals surface area contributed by atoms with Crippen molar-refractivity contribution < 1.29 is 9.18 Å². The molecule has 0 atom stereocenters. The van der Waals surface area contributed by atoms with Gasteiger partial charge in [-0.15, -0.1) is 11.8 Å². The maximum Gasteiger partial charge on any atom is 0.260 e. The minimum absolute atomic E-state index is 0.0775. The lowest BCUT2D eigenvalue weighted by atomic mass is 10.2. The Hall–Kier alpha value is -1.96. The van der Waals surface area contributed by atoms with Gasteiger partial charge in [0.2, 0.25) is 0 Å². The number of hydrogen-bond acceptors (Lipinski definition) is 5. The summed E-state index contributed by atoms with van der Waals surface area (Å²) in [5.74, 6) is 0.621. The minimum Gasteiger partial charge on any atom is -0.309 e. The van der Waals surface area contributed by atoms with Gasteiger partial charge in [0.05, 0.1) is 10.2 Å². The number of amides is 1. The second kappa shape index (κ2) is 9.49.